The Morgan fingerprint density at radius 2 is 1.67 bits per heavy atom. The Hall–Kier alpha value is -0.620. The van der Waals surface area contributed by atoms with Gasteiger partial charge in [0.25, 0.3) is 0 Å². The standard InChI is InChI=1S/C15H26N2O3S/c18-15(12-5-3-6-12)17-10-4-9-14(11-17)21(19,20)16-13-7-1-2-8-13/h12-14,16H,1-11H2. The molecule has 1 unspecified atom stereocenters. The van der Waals surface area contributed by atoms with Gasteiger partial charge in [0.15, 0.2) is 0 Å². The van der Waals surface area contributed by atoms with E-state index in [1.54, 1.807) is 4.90 Å². The lowest BCUT2D eigenvalue weighted by Gasteiger charge is -2.37. The molecule has 0 spiro atoms. The first-order chi connectivity index (χ1) is 10.1. The number of amides is 1. The van der Waals surface area contributed by atoms with Crippen molar-refractivity contribution in [2.75, 3.05) is 13.1 Å². The number of piperidine rings is 1. The Morgan fingerprint density at radius 1 is 0.952 bits per heavy atom. The van der Waals surface area contributed by atoms with Crippen molar-refractivity contribution in [3.63, 3.8) is 0 Å². The number of rotatable bonds is 4. The molecule has 3 aliphatic rings. The van der Waals surface area contributed by atoms with Crippen molar-refractivity contribution >= 4 is 15.9 Å². The maximum atomic E-state index is 12.5. The first kappa shape index (κ1) is 15.3. The van der Waals surface area contributed by atoms with Crippen molar-refractivity contribution in [2.24, 2.45) is 5.92 Å². The number of carbonyl (C=O) groups is 1. The zero-order valence-electron chi connectivity index (χ0n) is 12.6. The summed E-state index contributed by atoms with van der Waals surface area (Å²) in [7, 11) is -3.29. The van der Waals surface area contributed by atoms with Crippen molar-refractivity contribution in [1.82, 2.24) is 9.62 Å². The van der Waals surface area contributed by atoms with Crippen molar-refractivity contribution in [2.45, 2.75) is 69.1 Å². The van der Waals surface area contributed by atoms with Crippen molar-refractivity contribution in [3.05, 3.63) is 0 Å². The second-order valence-electron chi connectivity index (χ2n) is 6.82. The van der Waals surface area contributed by atoms with Crippen LogP contribution >= 0.6 is 0 Å². The number of nitrogens with zero attached hydrogens (tertiary/aromatic N) is 1. The van der Waals surface area contributed by atoms with E-state index >= 15 is 0 Å². The SMILES string of the molecule is O=C(C1CCC1)N1CCCC(S(=O)(=O)NC2CCCC2)C1. The Labute approximate surface area is 127 Å². The first-order valence-corrected chi connectivity index (χ1v) is 9.91. The highest BCUT2D eigenvalue weighted by molar-refractivity contribution is 7.90. The van der Waals surface area contributed by atoms with Crippen LogP contribution in [0.15, 0.2) is 0 Å². The first-order valence-electron chi connectivity index (χ1n) is 8.36. The highest BCUT2D eigenvalue weighted by Crippen LogP contribution is 2.30. The van der Waals surface area contributed by atoms with Gasteiger partial charge in [-0.3, -0.25) is 4.79 Å². The smallest absolute Gasteiger partial charge is 0.225 e. The maximum Gasteiger partial charge on any atom is 0.225 e. The second kappa shape index (κ2) is 6.24. The molecule has 1 saturated heterocycles. The van der Waals surface area contributed by atoms with Gasteiger partial charge in [-0.05, 0) is 38.5 Å². The van der Waals surface area contributed by atoms with Crippen LogP contribution in [-0.4, -0.2) is 43.6 Å². The predicted octanol–water partition coefficient (Wildman–Crippen LogP) is 1.64. The minimum Gasteiger partial charge on any atom is -0.341 e. The molecular weight excluding hydrogens is 288 g/mol. The van der Waals surface area contributed by atoms with Crippen LogP contribution in [0.3, 0.4) is 0 Å². The van der Waals surface area contributed by atoms with E-state index in [0.29, 0.717) is 13.0 Å². The highest BCUT2D eigenvalue weighted by Gasteiger charge is 2.37. The number of hydrogen-bond acceptors (Lipinski definition) is 3. The molecule has 21 heavy (non-hydrogen) atoms. The summed E-state index contributed by atoms with van der Waals surface area (Å²) in [6.45, 7) is 1.11. The molecule has 0 aromatic rings. The quantitative estimate of drug-likeness (QED) is 0.858. The molecule has 3 fully saturated rings. The molecule has 2 aliphatic carbocycles. The number of likely N-dealkylation sites (tertiary alicyclic amines) is 1. The zero-order valence-corrected chi connectivity index (χ0v) is 13.4. The second-order valence-corrected chi connectivity index (χ2v) is 8.81. The van der Waals surface area contributed by atoms with E-state index in [0.717, 1.165) is 57.9 Å². The largest absolute Gasteiger partial charge is 0.341 e. The minimum atomic E-state index is -3.29. The van der Waals surface area contributed by atoms with Gasteiger partial charge in [0.2, 0.25) is 15.9 Å². The molecule has 0 aromatic heterocycles. The van der Waals surface area contributed by atoms with Gasteiger partial charge in [-0.25, -0.2) is 13.1 Å². The molecule has 6 heteroatoms. The fourth-order valence-electron chi connectivity index (χ4n) is 3.68. The van der Waals surface area contributed by atoms with Gasteiger partial charge < -0.3 is 4.90 Å². The monoisotopic (exact) mass is 314 g/mol. The summed E-state index contributed by atoms with van der Waals surface area (Å²) >= 11 is 0. The molecule has 3 rings (SSSR count). The Morgan fingerprint density at radius 3 is 2.29 bits per heavy atom. The third-order valence-electron chi connectivity index (χ3n) is 5.27. The summed E-state index contributed by atoms with van der Waals surface area (Å²) in [6, 6.07) is 0.118. The van der Waals surface area contributed by atoms with Crippen LogP contribution in [0.25, 0.3) is 0 Å². The zero-order chi connectivity index (χ0) is 14.9. The molecule has 0 bridgehead atoms. The minimum absolute atomic E-state index is 0.118. The summed E-state index contributed by atoms with van der Waals surface area (Å²) in [5, 5.41) is -0.420. The van der Waals surface area contributed by atoms with E-state index in [2.05, 4.69) is 4.72 Å². The summed E-state index contributed by atoms with van der Waals surface area (Å²) in [4.78, 5) is 14.1. The number of carbonyl (C=O) groups excluding carboxylic acids is 1. The van der Waals surface area contributed by atoms with Crippen molar-refractivity contribution < 1.29 is 13.2 Å². The van der Waals surface area contributed by atoms with E-state index in [1.807, 2.05) is 0 Å². The molecule has 0 radical (unpaired) electrons. The molecule has 2 saturated carbocycles. The van der Waals surface area contributed by atoms with E-state index in [9.17, 15) is 13.2 Å². The van der Waals surface area contributed by atoms with Crippen LogP contribution in [0.1, 0.15) is 57.8 Å². The molecule has 0 aromatic carbocycles. The number of sulfonamides is 1. The fraction of sp³-hybridized carbons (Fsp3) is 0.933. The van der Waals surface area contributed by atoms with Gasteiger partial charge in [-0.15, -0.1) is 0 Å². The van der Waals surface area contributed by atoms with Crippen LogP contribution in [0.2, 0.25) is 0 Å². The molecule has 1 aliphatic heterocycles. The molecule has 5 nitrogen and oxygen atoms in total. The van der Waals surface area contributed by atoms with Crippen LogP contribution in [0.4, 0.5) is 0 Å². The van der Waals surface area contributed by atoms with E-state index < -0.39 is 15.3 Å². The lowest BCUT2D eigenvalue weighted by Crippen LogP contribution is -2.51. The fourth-order valence-corrected chi connectivity index (χ4v) is 5.42. The van der Waals surface area contributed by atoms with Gasteiger partial charge in [0.1, 0.15) is 0 Å². The lowest BCUT2D eigenvalue weighted by atomic mass is 9.84. The van der Waals surface area contributed by atoms with Crippen molar-refractivity contribution in [3.8, 4) is 0 Å². The maximum absolute atomic E-state index is 12.5. The highest BCUT2D eigenvalue weighted by atomic mass is 32.2. The summed E-state index contributed by atoms with van der Waals surface area (Å²) in [6.07, 6.45) is 8.71. The van der Waals surface area contributed by atoms with Crippen LogP contribution in [0, 0.1) is 5.92 Å². The van der Waals surface area contributed by atoms with Gasteiger partial charge in [0.05, 0.1) is 5.25 Å². The van der Waals surface area contributed by atoms with Gasteiger partial charge in [-0.1, -0.05) is 19.3 Å². The van der Waals surface area contributed by atoms with Gasteiger partial charge in [0, 0.05) is 25.0 Å². The Kier molecular flexibility index (Phi) is 4.54. The topological polar surface area (TPSA) is 66.5 Å². The summed E-state index contributed by atoms with van der Waals surface area (Å²) in [5.41, 5.74) is 0. The van der Waals surface area contributed by atoms with Crippen LogP contribution < -0.4 is 4.72 Å². The molecule has 120 valence electrons. The normalized spacial score (nSPS) is 28.6. The molecule has 1 heterocycles. The van der Waals surface area contributed by atoms with E-state index in [4.69, 9.17) is 0 Å². The third-order valence-corrected chi connectivity index (χ3v) is 7.19. The van der Waals surface area contributed by atoms with E-state index in [1.165, 1.54) is 0 Å². The molecule has 1 amide bonds. The number of nitrogens with one attached hydrogen (secondary N) is 1. The van der Waals surface area contributed by atoms with Crippen molar-refractivity contribution in [1.29, 1.82) is 0 Å². The predicted molar refractivity (Wildman–Crippen MR) is 81.3 cm³/mol. The number of hydrogen-bond donors (Lipinski definition) is 1. The molecular formula is C15H26N2O3S. The third kappa shape index (κ3) is 3.42. The summed E-state index contributed by atoms with van der Waals surface area (Å²) in [5.74, 6) is 0.344. The van der Waals surface area contributed by atoms with Crippen LogP contribution in [0.5, 0.6) is 0 Å². The Balaban J connectivity index is 1.60. The van der Waals surface area contributed by atoms with Gasteiger partial charge in [-0.2, -0.15) is 0 Å². The average molecular weight is 314 g/mol. The van der Waals surface area contributed by atoms with E-state index in [-0.39, 0.29) is 17.9 Å². The molecule has 1 atom stereocenters. The molecule has 1 N–H and O–H groups in total. The Bertz CT molecular complexity index is 481. The van der Waals surface area contributed by atoms with Crippen LogP contribution in [-0.2, 0) is 14.8 Å². The lowest BCUT2D eigenvalue weighted by molar-refractivity contribution is -0.138. The van der Waals surface area contributed by atoms with Gasteiger partial charge >= 0.3 is 0 Å². The average Bonchev–Trinajstić information content (AvgIpc) is 2.89. The summed E-state index contributed by atoms with van der Waals surface area (Å²) < 4.78 is 27.9.